The Morgan fingerprint density at radius 1 is 0.953 bits per heavy atom. The van der Waals surface area contributed by atoms with Crippen LogP contribution in [0.1, 0.15) is 32.1 Å². The summed E-state index contributed by atoms with van der Waals surface area (Å²) in [4.78, 5) is 37.3. The molecular weight excluding hydrogens is 554 g/mol. The highest BCUT2D eigenvalue weighted by atomic mass is 32.1. The summed E-state index contributed by atoms with van der Waals surface area (Å²) in [5.74, 6) is -0.254. The van der Waals surface area contributed by atoms with Crippen LogP contribution in [0.3, 0.4) is 0 Å². The summed E-state index contributed by atoms with van der Waals surface area (Å²) in [6, 6.07) is 27.4. The Morgan fingerprint density at radius 3 is 2.44 bits per heavy atom. The fourth-order valence-electron chi connectivity index (χ4n) is 5.48. The van der Waals surface area contributed by atoms with Gasteiger partial charge in [-0.2, -0.15) is 5.10 Å². The molecule has 0 bridgehead atoms. The molecule has 0 N–H and O–H groups in total. The van der Waals surface area contributed by atoms with Crippen molar-refractivity contribution in [2.24, 2.45) is 0 Å². The van der Waals surface area contributed by atoms with Gasteiger partial charge in [-0.15, -0.1) is 11.3 Å². The van der Waals surface area contributed by atoms with E-state index < -0.39 is 6.04 Å². The van der Waals surface area contributed by atoms with E-state index in [1.54, 1.807) is 34.1 Å². The van der Waals surface area contributed by atoms with Gasteiger partial charge >= 0.3 is 0 Å². The molecule has 6 rings (SSSR count). The lowest BCUT2D eigenvalue weighted by Gasteiger charge is -2.37. The Labute approximate surface area is 255 Å². The maximum Gasteiger partial charge on any atom is 0.247 e. The monoisotopic (exact) mass is 587 g/mol. The van der Waals surface area contributed by atoms with Gasteiger partial charge in [0.15, 0.2) is 0 Å². The van der Waals surface area contributed by atoms with E-state index >= 15 is 0 Å². The molecule has 0 saturated heterocycles. The zero-order chi connectivity index (χ0) is 29.6. The normalized spacial score (nSPS) is 13.6. The van der Waals surface area contributed by atoms with E-state index in [0.29, 0.717) is 19.5 Å². The highest BCUT2D eigenvalue weighted by Gasteiger charge is 2.34. The van der Waals surface area contributed by atoms with Crippen molar-refractivity contribution in [3.63, 3.8) is 0 Å². The minimum atomic E-state index is -0.682. The number of nitrogens with zero attached hydrogens (tertiary/aromatic N) is 5. The quantitative estimate of drug-likeness (QED) is 0.202. The van der Waals surface area contributed by atoms with Crippen molar-refractivity contribution in [2.75, 3.05) is 6.54 Å². The molecule has 2 amide bonds. The van der Waals surface area contributed by atoms with Gasteiger partial charge in [0.25, 0.3) is 0 Å². The Kier molecular flexibility index (Phi) is 8.56. The number of benzene rings is 3. The third-order valence-electron chi connectivity index (χ3n) is 7.75. The van der Waals surface area contributed by atoms with E-state index in [1.807, 2.05) is 90.8 Å². The average molecular weight is 588 g/mol. The second kappa shape index (κ2) is 13.0. The first-order valence-electron chi connectivity index (χ1n) is 14.4. The zero-order valence-corrected chi connectivity index (χ0v) is 24.9. The third kappa shape index (κ3) is 6.81. The molecule has 0 radical (unpaired) electrons. The average Bonchev–Trinajstić information content (AvgIpc) is 3.74. The number of thiazole rings is 1. The molecule has 0 spiro atoms. The lowest BCUT2D eigenvalue weighted by atomic mass is 9.97. The van der Waals surface area contributed by atoms with Crippen molar-refractivity contribution in [3.05, 3.63) is 142 Å². The maximum absolute atomic E-state index is 14.4. The first-order chi connectivity index (χ1) is 21.0. The van der Waals surface area contributed by atoms with Crippen molar-refractivity contribution in [2.45, 2.75) is 38.9 Å². The summed E-state index contributed by atoms with van der Waals surface area (Å²) >= 11 is 1.53. The molecule has 216 valence electrons. The number of carbonyl (C=O) groups is 2. The molecule has 1 atom stereocenters. The van der Waals surface area contributed by atoms with Crippen LogP contribution < -0.4 is 0 Å². The molecule has 3 aromatic carbocycles. The lowest BCUT2D eigenvalue weighted by Crippen LogP contribution is -2.52. The minimum absolute atomic E-state index is 0.0399. The Balaban J connectivity index is 1.34. The summed E-state index contributed by atoms with van der Waals surface area (Å²) in [6.45, 7) is 3.39. The molecular formula is C35H33N5O2S. The number of hydrogen-bond acceptors (Lipinski definition) is 5. The maximum atomic E-state index is 14.4. The molecule has 1 aliphatic rings. The first-order valence-corrected chi connectivity index (χ1v) is 15.2. The van der Waals surface area contributed by atoms with E-state index in [1.165, 1.54) is 16.9 Å². The van der Waals surface area contributed by atoms with Gasteiger partial charge in [-0.05, 0) is 59.9 Å². The van der Waals surface area contributed by atoms with Crippen LogP contribution >= 0.6 is 11.3 Å². The summed E-state index contributed by atoms with van der Waals surface area (Å²) in [6.07, 6.45) is 9.98. The minimum Gasteiger partial charge on any atom is -0.336 e. The number of carbonyl (C=O) groups excluding carboxylic acids is 2. The molecule has 0 aliphatic carbocycles. The lowest BCUT2D eigenvalue weighted by molar-refractivity contribution is -0.144. The predicted molar refractivity (Wildman–Crippen MR) is 169 cm³/mol. The van der Waals surface area contributed by atoms with Gasteiger partial charge < -0.3 is 9.80 Å². The van der Waals surface area contributed by atoms with Crippen LogP contribution in [0.15, 0.2) is 110 Å². The van der Waals surface area contributed by atoms with E-state index in [4.69, 9.17) is 0 Å². The smallest absolute Gasteiger partial charge is 0.247 e. The topological polar surface area (TPSA) is 71.3 Å². The first kappa shape index (κ1) is 28.3. The molecule has 2 aromatic heterocycles. The Hall–Kier alpha value is -4.82. The van der Waals surface area contributed by atoms with Crippen LogP contribution in [0.2, 0.25) is 0 Å². The number of rotatable bonds is 9. The van der Waals surface area contributed by atoms with Crippen LogP contribution in [0, 0.1) is 6.92 Å². The van der Waals surface area contributed by atoms with Crippen LogP contribution in [0.25, 0.3) is 11.8 Å². The standard InChI is InChI=1S/C35H33N5O2S/c1-26-36-23-32(43-26)16-17-34(41)39(24-28-12-14-31(15-13-28)40-20-7-19-37-40)33(22-27-8-3-2-4-9-27)35(42)38-21-18-29-10-5-6-11-30(29)25-38/h2-17,19-20,23,33H,18,21-22,24-25H2,1H3/b17-16+/t33-/m0/s1. The number of hydrogen-bond donors (Lipinski definition) is 0. The molecule has 8 heteroatoms. The van der Waals surface area contributed by atoms with E-state index in [-0.39, 0.29) is 18.4 Å². The van der Waals surface area contributed by atoms with E-state index in [9.17, 15) is 9.59 Å². The van der Waals surface area contributed by atoms with E-state index in [2.05, 4.69) is 22.2 Å². The second-order valence-corrected chi connectivity index (χ2v) is 11.9. The highest BCUT2D eigenvalue weighted by molar-refractivity contribution is 7.12. The van der Waals surface area contributed by atoms with Crippen LogP contribution in [0.4, 0.5) is 0 Å². The SMILES string of the molecule is Cc1ncc(/C=C/C(=O)N(Cc2ccc(-n3cccn3)cc2)[C@@H](Cc2ccccc2)C(=O)N2CCc3ccccc3C2)s1. The number of fused-ring (bicyclic) bond motifs is 1. The van der Waals surface area contributed by atoms with Gasteiger partial charge in [0.1, 0.15) is 6.04 Å². The van der Waals surface area contributed by atoms with Crippen molar-refractivity contribution in [1.29, 1.82) is 0 Å². The fraction of sp³-hybridized carbons (Fsp3) is 0.200. The van der Waals surface area contributed by atoms with E-state index in [0.717, 1.165) is 38.7 Å². The van der Waals surface area contributed by atoms with Crippen LogP contribution in [0.5, 0.6) is 0 Å². The molecule has 3 heterocycles. The molecule has 0 unspecified atom stereocenters. The highest BCUT2D eigenvalue weighted by Crippen LogP contribution is 2.24. The largest absolute Gasteiger partial charge is 0.336 e. The number of aryl methyl sites for hydroxylation is 1. The predicted octanol–water partition coefficient (Wildman–Crippen LogP) is 5.88. The molecule has 7 nitrogen and oxygen atoms in total. The summed E-state index contributed by atoms with van der Waals surface area (Å²) < 4.78 is 1.79. The van der Waals surface area contributed by atoms with Gasteiger partial charge in [-0.1, -0.05) is 66.7 Å². The summed E-state index contributed by atoms with van der Waals surface area (Å²) in [7, 11) is 0. The Morgan fingerprint density at radius 2 is 1.72 bits per heavy atom. The van der Waals surface area contributed by atoms with Gasteiger partial charge in [0, 0.05) is 55.6 Å². The Bertz CT molecular complexity index is 1710. The molecule has 0 fully saturated rings. The van der Waals surface area contributed by atoms with Gasteiger partial charge in [-0.25, -0.2) is 9.67 Å². The zero-order valence-electron chi connectivity index (χ0n) is 24.0. The summed E-state index contributed by atoms with van der Waals surface area (Å²) in [5, 5.41) is 5.25. The molecule has 0 saturated carbocycles. The molecule has 43 heavy (non-hydrogen) atoms. The number of aromatic nitrogens is 3. The number of amides is 2. The van der Waals surface area contributed by atoms with Crippen molar-refractivity contribution < 1.29 is 9.59 Å². The van der Waals surface area contributed by atoms with Crippen LogP contribution in [-0.4, -0.2) is 49.0 Å². The molecule has 5 aromatic rings. The van der Waals surface area contributed by atoms with Crippen molar-refractivity contribution >= 4 is 29.2 Å². The molecule has 1 aliphatic heterocycles. The summed E-state index contributed by atoms with van der Waals surface area (Å²) in [5.41, 5.74) is 5.30. The van der Waals surface area contributed by atoms with Gasteiger partial charge in [0.2, 0.25) is 11.8 Å². The third-order valence-corrected chi connectivity index (χ3v) is 8.62. The van der Waals surface area contributed by atoms with Gasteiger partial charge in [-0.3, -0.25) is 9.59 Å². The fourth-order valence-corrected chi connectivity index (χ4v) is 6.17. The van der Waals surface area contributed by atoms with Crippen LogP contribution in [-0.2, 0) is 35.5 Å². The van der Waals surface area contributed by atoms with Gasteiger partial charge in [0.05, 0.1) is 10.7 Å². The van der Waals surface area contributed by atoms with Crippen molar-refractivity contribution in [3.8, 4) is 5.69 Å². The van der Waals surface area contributed by atoms with Crippen molar-refractivity contribution in [1.82, 2.24) is 24.6 Å². The second-order valence-electron chi connectivity index (χ2n) is 10.7.